The van der Waals surface area contributed by atoms with Crippen molar-refractivity contribution in [1.29, 1.82) is 5.26 Å². The molecule has 3 rings (SSSR count). The summed E-state index contributed by atoms with van der Waals surface area (Å²) in [6, 6.07) is 16.1. The molecule has 0 saturated heterocycles. The number of nitriles is 1. The van der Waals surface area contributed by atoms with Gasteiger partial charge in [0.2, 0.25) is 0 Å². The largest absolute Gasteiger partial charge is 0.196 e. The van der Waals surface area contributed by atoms with Crippen LogP contribution in [0.1, 0.15) is 5.69 Å². The van der Waals surface area contributed by atoms with Gasteiger partial charge < -0.3 is 0 Å². The van der Waals surface area contributed by atoms with Gasteiger partial charge in [-0.05, 0) is 16.8 Å². The van der Waals surface area contributed by atoms with Gasteiger partial charge in [-0.15, -0.1) is 5.10 Å². The molecule has 2 aromatic carbocycles. The van der Waals surface area contributed by atoms with Crippen molar-refractivity contribution in [2.75, 3.05) is 0 Å². The van der Waals surface area contributed by atoms with E-state index in [-0.39, 0.29) is 0 Å². The second kappa shape index (κ2) is 3.72. The second-order valence-electron chi connectivity index (χ2n) is 3.69. The van der Waals surface area contributed by atoms with Crippen LogP contribution in [0.15, 0.2) is 42.5 Å². The van der Waals surface area contributed by atoms with Crippen molar-refractivity contribution in [2.24, 2.45) is 0 Å². The van der Waals surface area contributed by atoms with Crippen LogP contribution in [0.3, 0.4) is 0 Å². The number of hydrogen-bond donors (Lipinski definition) is 1. The molecule has 0 spiro atoms. The first-order valence-corrected chi connectivity index (χ1v) is 5.18. The summed E-state index contributed by atoms with van der Waals surface area (Å²) in [6.45, 7) is 0. The Morgan fingerprint density at radius 1 is 1.00 bits per heavy atom. The highest BCUT2D eigenvalue weighted by molar-refractivity contribution is 5.87. The third kappa shape index (κ3) is 1.54. The van der Waals surface area contributed by atoms with E-state index in [1.54, 1.807) is 0 Å². The number of nitrogens with one attached hydrogen (secondary N) is 1. The predicted molar refractivity (Wildman–Crippen MR) is 64.0 cm³/mol. The van der Waals surface area contributed by atoms with Crippen molar-refractivity contribution in [2.45, 2.75) is 0 Å². The van der Waals surface area contributed by atoms with Crippen molar-refractivity contribution in [1.82, 2.24) is 15.4 Å². The zero-order valence-corrected chi connectivity index (χ0v) is 8.88. The van der Waals surface area contributed by atoms with E-state index in [1.807, 2.05) is 48.5 Å². The monoisotopic (exact) mass is 220 g/mol. The van der Waals surface area contributed by atoms with Gasteiger partial charge in [0.1, 0.15) is 11.8 Å². The van der Waals surface area contributed by atoms with Crippen LogP contribution in [0.5, 0.6) is 0 Å². The lowest BCUT2D eigenvalue weighted by Crippen LogP contribution is -1.83. The number of benzene rings is 2. The van der Waals surface area contributed by atoms with Gasteiger partial charge in [0.15, 0.2) is 5.69 Å². The van der Waals surface area contributed by atoms with Crippen LogP contribution in [0.25, 0.3) is 22.0 Å². The molecule has 80 valence electrons. The number of rotatable bonds is 1. The maximum Gasteiger partial charge on any atom is 0.190 e. The fourth-order valence-corrected chi connectivity index (χ4v) is 1.85. The highest BCUT2D eigenvalue weighted by Crippen LogP contribution is 2.24. The van der Waals surface area contributed by atoms with Crippen LogP contribution in [0.2, 0.25) is 0 Å². The third-order valence-electron chi connectivity index (χ3n) is 2.68. The first-order valence-electron chi connectivity index (χ1n) is 5.18. The van der Waals surface area contributed by atoms with E-state index in [2.05, 4.69) is 15.4 Å². The fraction of sp³-hybridized carbons (Fsp3) is 0. The Bertz CT molecular complexity index is 721. The number of aromatic nitrogens is 3. The SMILES string of the molecule is N#Cc1n[nH]nc1-c1ccc2ccccc2c1. The van der Waals surface area contributed by atoms with E-state index < -0.39 is 0 Å². The van der Waals surface area contributed by atoms with Crippen LogP contribution in [0.4, 0.5) is 0 Å². The van der Waals surface area contributed by atoms with E-state index in [1.165, 1.54) is 5.39 Å². The molecule has 0 saturated carbocycles. The number of H-pyrrole nitrogens is 1. The van der Waals surface area contributed by atoms with E-state index in [0.29, 0.717) is 11.4 Å². The van der Waals surface area contributed by atoms with Crippen molar-refractivity contribution in [3.63, 3.8) is 0 Å². The average Bonchev–Trinajstić information content (AvgIpc) is 2.86. The van der Waals surface area contributed by atoms with E-state index in [0.717, 1.165) is 10.9 Å². The number of hydrogen-bond acceptors (Lipinski definition) is 3. The third-order valence-corrected chi connectivity index (χ3v) is 2.68. The van der Waals surface area contributed by atoms with E-state index in [9.17, 15) is 0 Å². The Morgan fingerprint density at radius 2 is 1.82 bits per heavy atom. The van der Waals surface area contributed by atoms with Gasteiger partial charge in [0.05, 0.1) is 0 Å². The molecule has 4 heteroatoms. The Labute approximate surface area is 97.5 Å². The average molecular weight is 220 g/mol. The molecule has 1 heterocycles. The molecule has 0 unspecified atom stereocenters. The molecule has 1 N–H and O–H groups in total. The highest BCUT2D eigenvalue weighted by Gasteiger charge is 2.09. The summed E-state index contributed by atoms with van der Waals surface area (Å²) >= 11 is 0. The molecule has 0 aliphatic carbocycles. The molecule has 0 bridgehead atoms. The topological polar surface area (TPSA) is 65.4 Å². The molecule has 4 nitrogen and oxygen atoms in total. The summed E-state index contributed by atoms with van der Waals surface area (Å²) in [7, 11) is 0. The molecule has 0 atom stereocenters. The van der Waals surface area contributed by atoms with Crippen molar-refractivity contribution >= 4 is 10.8 Å². The summed E-state index contributed by atoms with van der Waals surface area (Å²) < 4.78 is 0. The van der Waals surface area contributed by atoms with Gasteiger partial charge in [0.25, 0.3) is 0 Å². The normalized spacial score (nSPS) is 10.3. The highest BCUT2D eigenvalue weighted by atomic mass is 15.3. The summed E-state index contributed by atoms with van der Waals surface area (Å²) in [4.78, 5) is 0. The van der Waals surface area contributed by atoms with Crippen molar-refractivity contribution in [3.05, 3.63) is 48.2 Å². The minimum absolute atomic E-state index is 0.320. The lowest BCUT2D eigenvalue weighted by Gasteiger charge is -2.00. The maximum atomic E-state index is 8.91. The van der Waals surface area contributed by atoms with Gasteiger partial charge in [-0.3, -0.25) is 0 Å². The lowest BCUT2D eigenvalue weighted by atomic mass is 10.0. The second-order valence-corrected chi connectivity index (χ2v) is 3.69. The van der Waals surface area contributed by atoms with E-state index in [4.69, 9.17) is 5.26 Å². The van der Waals surface area contributed by atoms with Crippen LogP contribution in [-0.2, 0) is 0 Å². The summed E-state index contributed by atoms with van der Waals surface area (Å²) in [5, 5.41) is 21.5. The molecule has 0 aliphatic heterocycles. The Morgan fingerprint density at radius 3 is 2.65 bits per heavy atom. The van der Waals surface area contributed by atoms with Gasteiger partial charge in [-0.1, -0.05) is 36.4 Å². The number of aromatic amines is 1. The quantitative estimate of drug-likeness (QED) is 0.685. The predicted octanol–water partition coefficient (Wildman–Crippen LogP) is 2.50. The summed E-state index contributed by atoms with van der Waals surface area (Å²) in [5.74, 6) is 0. The van der Waals surface area contributed by atoms with Crippen LogP contribution < -0.4 is 0 Å². The van der Waals surface area contributed by atoms with Crippen molar-refractivity contribution < 1.29 is 0 Å². The number of fused-ring (bicyclic) bond motifs is 1. The van der Waals surface area contributed by atoms with Crippen molar-refractivity contribution in [3.8, 4) is 17.3 Å². The van der Waals surface area contributed by atoms with Crippen LogP contribution >= 0.6 is 0 Å². The zero-order chi connectivity index (χ0) is 11.7. The molecule has 0 aliphatic rings. The van der Waals surface area contributed by atoms with Gasteiger partial charge >= 0.3 is 0 Å². The van der Waals surface area contributed by atoms with Gasteiger partial charge in [0, 0.05) is 5.56 Å². The van der Waals surface area contributed by atoms with Crippen LogP contribution in [0, 0.1) is 11.3 Å². The zero-order valence-electron chi connectivity index (χ0n) is 8.88. The van der Waals surface area contributed by atoms with Gasteiger partial charge in [-0.25, -0.2) is 0 Å². The Kier molecular flexibility index (Phi) is 2.09. The molecule has 0 fully saturated rings. The first kappa shape index (κ1) is 9.55. The molecule has 0 radical (unpaired) electrons. The minimum Gasteiger partial charge on any atom is -0.196 e. The molecule has 1 aromatic heterocycles. The molecular weight excluding hydrogens is 212 g/mol. The summed E-state index contributed by atoms with van der Waals surface area (Å²) in [5.41, 5.74) is 1.81. The first-order chi connectivity index (χ1) is 8.38. The smallest absolute Gasteiger partial charge is 0.190 e. The molecule has 0 amide bonds. The Balaban J connectivity index is 2.22. The fourth-order valence-electron chi connectivity index (χ4n) is 1.85. The van der Waals surface area contributed by atoms with E-state index >= 15 is 0 Å². The van der Waals surface area contributed by atoms with Crippen LogP contribution in [-0.4, -0.2) is 15.4 Å². The summed E-state index contributed by atoms with van der Waals surface area (Å²) in [6.07, 6.45) is 0. The Hall–Kier alpha value is -2.67. The molecular formula is C13H8N4. The number of nitrogens with zero attached hydrogens (tertiary/aromatic N) is 3. The maximum absolute atomic E-state index is 8.91. The minimum atomic E-state index is 0.320. The van der Waals surface area contributed by atoms with Gasteiger partial charge in [-0.2, -0.15) is 15.6 Å². The molecule has 17 heavy (non-hydrogen) atoms. The standard InChI is InChI=1S/C13H8N4/c14-8-12-13(16-17-15-12)11-6-5-9-3-1-2-4-10(9)7-11/h1-7H,(H,15,16,17). The lowest BCUT2D eigenvalue weighted by molar-refractivity contribution is 0.937. The molecule has 3 aromatic rings.